The van der Waals surface area contributed by atoms with Crippen molar-refractivity contribution in [1.82, 2.24) is 9.88 Å². The summed E-state index contributed by atoms with van der Waals surface area (Å²) in [5.74, 6) is 0.797. The topological polar surface area (TPSA) is 45.7 Å². The summed E-state index contributed by atoms with van der Waals surface area (Å²) in [4.78, 5) is 21.5. The molecule has 0 radical (unpaired) electrons. The fraction of sp³-hybridized carbons (Fsp3) is 0.300. The number of anilines is 1. The molecule has 0 spiro atoms. The first-order chi connectivity index (χ1) is 13.0. The van der Waals surface area contributed by atoms with Crippen molar-refractivity contribution in [2.45, 2.75) is 6.42 Å². The highest BCUT2D eigenvalue weighted by atomic mass is 35.5. The third kappa shape index (κ3) is 4.97. The summed E-state index contributed by atoms with van der Waals surface area (Å²) in [6.45, 7) is 1.33. The molecule has 0 aliphatic carbocycles. The number of methoxy groups -OCH3 is 1. The van der Waals surface area contributed by atoms with Gasteiger partial charge in [-0.1, -0.05) is 35.1 Å². The molecule has 7 heteroatoms. The molecule has 0 saturated carbocycles. The largest absolute Gasteiger partial charge is 0.497 e. The van der Waals surface area contributed by atoms with E-state index in [1.54, 1.807) is 12.0 Å². The normalized spacial score (nSPS) is 11.1. The average molecular weight is 404 g/mol. The summed E-state index contributed by atoms with van der Waals surface area (Å²) in [5, 5.41) is 1.37. The number of benzene rings is 2. The second kappa shape index (κ2) is 8.69. The molecule has 0 saturated heterocycles. The zero-order valence-electron chi connectivity index (χ0n) is 15.6. The Hall–Kier alpha value is -2.15. The van der Waals surface area contributed by atoms with Crippen molar-refractivity contribution < 1.29 is 9.53 Å². The van der Waals surface area contributed by atoms with Gasteiger partial charge in [-0.2, -0.15) is 0 Å². The maximum absolute atomic E-state index is 13.0. The lowest BCUT2D eigenvalue weighted by molar-refractivity contribution is -0.118. The number of likely N-dealkylation sites (N-methyl/N-ethyl adjacent to an activating group) is 1. The Bertz CT molecular complexity index is 925. The van der Waals surface area contributed by atoms with Crippen molar-refractivity contribution >= 4 is 44.2 Å². The van der Waals surface area contributed by atoms with E-state index in [2.05, 4.69) is 9.88 Å². The molecule has 0 aliphatic heterocycles. The molecule has 0 N–H and O–H groups in total. The lowest BCUT2D eigenvalue weighted by atomic mass is 10.1. The number of halogens is 1. The summed E-state index contributed by atoms with van der Waals surface area (Å²) in [7, 11) is 5.61. The number of amides is 1. The third-order valence-corrected chi connectivity index (χ3v) is 5.43. The van der Waals surface area contributed by atoms with Crippen LogP contribution in [-0.4, -0.2) is 50.1 Å². The van der Waals surface area contributed by atoms with Crippen LogP contribution < -0.4 is 9.64 Å². The van der Waals surface area contributed by atoms with Gasteiger partial charge in [-0.05, 0) is 50.0 Å². The smallest absolute Gasteiger partial charge is 0.233 e. The van der Waals surface area contributed by atoms with E-state index in [-0.39, 0.29) is 5.91 Å². The Morgan fingerprint density at radius 1 is 1.15 bits per heavy atom. The fourth-order valence-corrected chi connectivity index (χ4v) is 3.93. The maximum Gasteiger partial charge on any atom is 0.233 e. The van der Waals surface area contributed by atoms with Gasteiger partial charge in [0.15, 0.2) is 5.13 Å². The molecule has 3 rings (SSSR count). The van der Waals surface area contributed by atoms with E-state index in [0.717, 1.165) is 28.1 Å². The number of nitrogens with zero attached hydrogens (tertiary/aromatic N) is 3. The second-order valence-electron chi connectivity index (χ2n) is 6.48. The van der Waals surface area contributed by atoms with Gasteiger partial charge in [0.05, 0.1) is 23.7 Å². The minimum atomic E-state index is 0.0205. The molecular formula is C20H22ClN3O2S. The van der Waals surface area contributed by atoms with Crippen LogP contribution in [0.15, 0.2) is 42.5 Å². The number of thiazole rings is 1. The van der Waals surface area contributed by atoms with Crippen LogP contribution in [0.5, 0.6) is 5.75 Å². The molecule has 0 fully saturated rings. The van der Waals surface area contributed by atoms with Crippen molar-refractivity contribution in [3.63, 3.8) is 0 Å². The predicted octanol–water partition coefficient (Wildman–Crippen LogP) is 4.10. The molecule has 5 nitrogen and oxygen atoms in total. The maximum atomic E-state index is 13.0. The highest BCUT2D eigenvalue weighted by Crippen LogP contribution is 2.31. The van der Waals surface area contributed by atoms with Crippen LogP contribution in [0.1, 0.15) is 5.56 Å². The highest BCUT2D eigenvalue weighted by molar-refractivity contribution is 7.22. The number of carbonyl (C=O) groups is 1. The van der Waals surface area contributed by atoms with Crippen molar-refractivity contribution in [2.75, 3.05) is 39.2 Å². The van der Waals surface area contributed by atoms with Crippen molar-refractivity contribution in [3.05, 3.63) is 53.1 Å². The Morgan fingerprint density at radius 3 is 2.56 bits per heavy atom. The molecule has 0 bridgehead atoms. The zero-order chi connectivity index (χ0) is 19.4. The van der Waals surface area contributed by atoms with Crippen LogP contribution in [0.3, 0.4) is 0 Å². The number of carbonyl (C=O) groups excluding carboxylic acids is 1. The summed E-state index contributed by atoms with van der Waals surface area (Å²) in [5.41, 5.74) is 1.80. The van der Waals surface area contributed by atoms with Gasteiger partial charge in [-0.3, -0.25) is 9.69 Å². The Kier molecular flexibility index (Phi) is 6.31. The van der Waals surface area contributed by atoms with Gasteiger partial charge in [0.2, 0.25) is 5.91 Å². The first-order valence-electron chi connectivity index (χ1n) is 8.60. The van der Waals surface area contributed by atoms with E-state index in [0.29, 0.717) is 23.1 Å². The molecule has 0 unspecified atom stereocenters. The quantitative estimate of drug-likeness (QED) is 0.596. The van der Waals surface area contributed by atoms with Gasteiger partial charge in [0, 0.05) is 18.1 Å². The molecular weight excluding hydrogens is 382 g/mol. The molecule has 142 valence electrons. The summed E-state index contributed by atoms with van der Waals surface area (Å²) in [6, 6.07) is 13.2. The monoisotopic (exact) mass is 403 g/mol. The van der Waals surface area contributed by atoms with Crippen molar-refractivity contribution in [1.29, 1.82) is 0 Å². The SMILES string of the molecule is COc1ccc(CC(=O)N(CCN(C)C)c2nc3ccc(Cl)cc3s2)cc1. The second-order valence-corrected chi connectivity index (χ2v) is 7.93. The molecule has 3 aromatic rings. The standard InChI is InChI=1S/C20H22ClN3O2S/c1-23(2)10-11-24(19(25)12-14-4-7-16(26-3)8-5-14)20-22-17-9-6-15(21)13-18(17)27-20/h4-9,13H,10-12H2,1-3H3. The van der Waals surface area contributed by atoms with Crippen molar-refractivity contribution in [2.24, 2.45) is 0 Å². The predicted molar refractivity (Wildman–Crippen MR) is 112 cm³/mol. The van der Waals surface area contributed by atoms with Crippen LogP contribution in [-0.2, 0) is 11.2 Å². The summed E-state index contributed by atoms with van der Waals surface area (Å²) >= 11 is 7.57. The van der Waals surface area contributed by atoms with Gasteiger partial charge in [-0.25, -0.2) is 4.98 Å². The Balaban J connectivity index is 1.85. The third-order valence-electron chi connectivity index (χ3n) is 4.16. The molecule has 27 heavy (non-hydrogen) atoms. The number of aromatic nitrogens is 1. The minimum Gasteiger partial charge on any atom is -0.497 e. The van der Waals surface area contributed by atoms with Gasteiger partial charge >= 0.3 is 0 Å². The van der Waals surface area contributed by atoms with Crippen LogP contribution in [0.2, 0.25) is 5.02 Å². The van der Waals surface area contributed by atoms with Gasteiger partial charge < -0.3 is 9.64 Å². The molecule has 0 atom stereocenters. The van der Waals surface area contributed by atoms with Crippen LogP contribution in [0.25, 0.3) is 10.2 Å². The Labute approximate surface area is 168 Å². The van der Waals surface area contributed by atoms with E-state index >= 15 is 0 Å². The molecule has 1 aromatic heterocycles. The van der Waals surface area contributed by atoms with E-state index in [4.69, 9.17) is 16.3 Å². The van der Waals surface area contributed by atoms with E-state index in [1.807, 2.05) is 56.6 Å². The Morgan fingerprint density at radius 2 is 1.89 bits per heavy atom. The van der Waals surface area contributed by atoms with E-state index in [1.165, 1.54) is 11.3 Å². The minimum absolute atomic E-state index is 0.0205. The summed E-state index contributed by atoms with van der Waals surface area (Å²) < 4.78 is 6.16. The zero-order valence-corrected chi connectivity index (χ0v) is 17.2. The molecule has 2 aromatic carbocycles. The molecule has 1 heterocycles. The van der Waals surface area contributed by atoms with E-state index < -0.39 is 0 Å². The fourth-order valence-electron chi connectivity index (χ4n) is 2.64. The first-order valence-corrected chi connectivity index (χ1v) is 9.80. The van der Waals surface area contributed by atoms with E-state index in [9.17, 15) is 4.79 Å². The van der Waals surface area contributed by atoms with Crippen LogP contribution >= 0.6 is 22.9 Å². The van der Waals surface area contributed by atoms with Gasteiger partial charge in [-0.15, -0.1) is 0 Å². The number of fused-ring (bicyclic) bond motifs is 1. The highest BCUT2D eigenvalue weighted by Gasteiger charge is 2.20. The van der Waals surface area contributed by atoms with Gasteiger partial charge in [0.1, 0.15) is 5.75 Å². The molecule has 1 amide bonds. The van der Waals surface area contributed by atoms with Crippen LogP contribution in [0, 0.1) is 0 Å². The first kappa shape index (κ1) is 19.6. The van der Waals surface area contributed by atoms with Crippen molar-refractivity contribution in [3.8, 4) is 5.75 Å². The summed E-state index contributed by atoms with van der Waals surface area (Å²) in [6.07, 6.45) is 0.314. The average Bonchev–Trinajstić information content (AvgIpc) is 3.05. The number of hydrogen-bond acceptors (Lipinski definition) is 5. The van der Waals surface area contributed by atoms with Gasteiger partial charge in [0.25, 0.3) is 0 Å². The lowest BCUT2D eigenvalue weighted by Gasteiger charge is -2.22. The van der Waals surface area contributed by atoms with Crippen LogP contribution in [0.4, 0.5) is 5.13 Å². The number of rotatable bonds is 7. The molecule has 0 aliphatic rings. The lowest BCUT2D eigenvalue weighted by Crippen LogP contribution is -2.37. The number of hydrogen-bond donors (Lipinski definition) is 0. The number of ether oxygens (including phenoxy) is 1.